The zero-order valence-electron chi connectivity index (χ0n) is 19.4. The maximum Gasteiger partial charge on any atom is 0.227 e. The number of carbonyl (C=O) groups is 1. The van der Waals surface area contributed by atoms with Gasteiger partial charge in [-0.05, 0) is 20.4 Å². The highest BCUT2D eigenvalue weighted by atomic mass is 19.1. The maximum absolute atomic E-state index is 13.2. The van der Waals surface area contributed by atoms with Crippen molar-refractivity contribution in [2.75, 3.05) is 13.6 Å². The zero-order valence-corrected chi connectivity index (χ0v) is 19.4. The number of alkyl halides is 1. The van der Waals surface area contributed by atoms with Crippen molar-refractivity contribution in [3.63, 3.8) is 0 Å². The molecule has 0 bridgehead atoms. The molecule has 3 nitrogen and oxygen atoms in total. The Labute approximate surface area is 170 Å². The van der Waals surface area contributed by atoms with Crippen LogP contribution < -0.4 is 10.6 Å². The lowest BCUT2D eigenvalue weighted by Gasteiger charge is -2.17. The Morgan fingerprint density at radius 1 is 0.963 bits per heavy atom. The first-order valence-corrected chi connectivity index (χ1v) is 11.3. The molecule has 1 aliphatic rings. The van der Waals surface area contributed by atoms with Gasteiger partial charge in [0.2, 0.25) is 5.91 Å². The summed E-state index contributed by atoms with van der Waals surface area (Å²) in [5, 5.41) is 5.09. The van der Waals surface area contributed by atoms with E-state index in [4.69, 9.17) is 0 Å². The van der Waals surface area contributed by atoms with Gasteiger partial charge < -0.3 is 5.32 Å². The fraction of sp³-hybridized carbons (Fsp3) is 0.870. The number of hydrogen-bond donors (Lipinski definition) is 2. The van der Waals surface area contributed by atoms with Crippen LogP contribution in [0.15, 0.2) is 12.2 Å². The van der Waals surface area contributed by atoms with Crippen LogP contribution in [-0.4, -0.2) is 25.8 Å². The van der Waals surface area contributed by atoms with Gasteiger partial charge in [-0.15, -0.1) is 0 Å². The van der Waals surface area contributed by atoms with Gasteiger partial charge >= 0.3 is 0 Å². The van der Waals surface area contributed by atoms with E-state index in [2.05, 4.69) is 24.5 Å². The lowest BCUT2D eigenvalue weighted by atomic mass is 10.0. The Balaban J connectivity index is -0.000000365. The monoisotopic (exact) mass is 388 g/mol. The normalized spacial score (nSPS) is 15.6. The standard InChI is InChI=1S/C10H19FN2O.C7H14.C4H10.C2H6/c1-4-6-7-13-10(14)8(5-2)9(11)12-3;1-2-4-6-7-5-3-1;1-3-4-2;1-2/h4,6,8-9,12H,5,7H2,1-3H3,(H,13,14);1-7H2;3-4H2,1-2H3;1-2H3/b6-4+;;;. The van der Waals surface area contributed by atoms with Gasteiger partial charge in [-0.25, -0.2) is 4.39 Å². The first-order valence-electron chi connectivity index (χ1n) is 11.3. The van der Waals surface area contributed by atoms with Gasteiger partial charge in [-0.3, -0.25) is 10.1 Å². The first kappa shape index (κ1) is 30.8. The Hall–Kier alpha value is -0.900. The van der Waals surface area contributed by atoms with Gasteiger partial charge in [-0.2, -0.15) is 0 Å². The van der Waals surface area contributed by atoms with Gasteiger partial charge in [0.05, 0.1) is 5.92 Å². The van der Waals surface area contributed by atoms with Crippen molar-refractivity contribution in [1.82, 2.24) is 10.6 Å². The number of halogens is 1. The van der Waals surface area contributed by atoms with Crippen molar-refractivity contribution >= 4 is 5.91 Å². The molecule has 1 amide bonds. The van der Waals surface area contributed by atoms with E-state index >= 15 is 0 Å². The molecule has 2 atom stereocenters. The minimum Gasteiger partial charge on any atom is -0.352 e. The van der Waals surface area contributed by atoms with Gasteiger partial charge in [0.1, 0.15) is 0 Å². The molecule has 0 radical (unpaired) electrons. The Kier molecular flexibility index (Phi) is 31.2. The highest BCUT2D eigenvalue weighted by Gasteiger charge is 2.24. The van der Waals surface area contributed by atoms with E-state index in [9.17, 15) is 9.18 Å². The van der Waals surface area contributed by atoms with Crippen molar-refractivity contribution < 1.29 is 9.18 Å². The van der Waals surface area contributed by atoms with Crippen LogP contribution in [0.3, 0.4) is 0 Å². The summed E-state index contributed by atoms with van der Waals surface area (Å²) in [7, 11) is 1.51. The third-order valence-electron chi connectivity index (χ3n) is 4.29. The van der Waals surface area contributed by atoms with Gasteiger partial charge in [0.15, 0.2) is 6.30 Å². The summed E-state index contributed by atoms with van der Waals surface area (Å²) >= 11 is 0. The van der Waals surface area contributed by atoms with Crippen LogP contribution in [0, 0.1) is 5.92 Å². The third-order valence-corrected chi connectivity index (χ3v) is 4.29. The van der Waals surface area contributed by atoms with Crippen molar-refractivity contribution in [1.29, 1.82) is 0 Å². The fourth-order valence-corrected chi connectivity index (χ4v) is 2.37. The largest absolute Gasteiger partial charge is 0.352 e. The number of nitrogens with one attached hydrogen (secondary N) is 2. The van der Waals surface area contributed by atoms with Crippen molar-refractivity contribution in [2.24, 2.45) is 5.92 Å². The van der Waals surface area contributed by atoms with Crippen LogP contribution in [0.2, 0.25) is 0 Å². The number of rotatable bonds is 7. The highest BCUT2D eigenvalue weighted by molar-refractivity contribution is 5.79. The van der Waals surface area contributed by atoms with Crippen molar-refractivity contribution in [3.8, 4) is 0 Å². The van der Waals surface area contributed by atoms with Gasteiger partial charge in [0, 0.05) is 6.54 Å². The quantitative estimate of drug-likeness (QED) is 0.286. The predicted molar refractivity (Wildman–Crippen MR) is 120 cm³/mol. The summed E-state index contributed by atoms with van der Waals surface area (Å²) in [6, 6.07) is 0. The van der Waals surface area contributed by atoms with Crippen molar-refractivity contribution in [2.45, 2.75) is 112 Å². The number of hydrogen-bond acceptors (Lipinski definition) is 2. The molecule has 0 aromatic heterocycles. The molecule has 0 aliphatic heterocycles. The van der Waals surface area contributed by atoms with Crippen LogP contribution in [0.25, 0.3) is 0 Å². The van der Waals surface area contributed by atoms with Crippen molar-refractivity contribution in [3.05, 3.63) is 12.2 Å². The molecular weight excluding hydrogens is 339 g/mol. The molecule has 1 fully saturated rings. The average molecular weight is 389 g/mol. The molecule has 4 heteroatoms. The molecule has 27 heavy (non-hydrogen) atoms. The van der Waals surface area contributed by atoms with Crippen LogP contribution >= 0.6 is 0 Å². The van der Waals surface area contributed by atoms with E-state index in [0.29, 0.717) is 13.0 Å². The molecule has 2 unspecified atom stereocenters. The smallest absolute Gasteiger partial charge is 0.227 e. The summed E-state index contributed by atoms with van der Waals surface area (Å²) in [4.78, 5) is 11.4. The Morgan fingerprint density at radius 3 is 1.63 bits per heavy atom. The summed E-state index contributed by atoms with van der Waals surface area (Å²) in [5.41, 5.74) is 0. The molecular formula is C23H49FN2O. The molecule has 164 valence electrons. The summed E-state index contributed by atoms with van der Waals surface area (Å²) < 4.78 is 13.2. The third kappa shape index (κ3) is 23.1. The first-order chi connectivity index (χ1) is 13.1. The lowest BCUT2D eigenvalue weighted by Crippen LogP contribution is -2.40. The highest BCUT2D eigenvalue weighted by Crippen LogP contribution is 2.15. The molecule has 2 N–H and O–H groups in total. The number of unbranched alkanes of at least 4 members (excludes halogenated alkanes) is 1. The van der Waals surface area contributed by atoms with Crippen LogP contribution in [-0.2, 0) is 4.79 Å². The molecule has 0 spiro atoms. The number of allylic oxidation sites excluding steroid dienone is 1. The number of carbonyl (C=O) groups excluding carboxylic acids is 1. The van der Waals surface area contributed by atoms with E-state index in [1.54, 1.807) is 6.92 Å². The van der Waals surface area contributed by atoms with Crippen LogP contribution in [0.1, 0.15) is 106 Å². The maximum atomic E-state index is 13.2. The summed E-state index contributed by atoms with van der Waals surface area (Å²) in [6.07, 6.45) is 16.0. The van der Waals surface area contributed by atoms with Crippen LogP contribution in [0.5, 0.6) is 0 Å². The topological polar surface area (TPSA) is 41.1 Å². The molecule has 0 saturated heterocycles. The Bertz CT molecular complexity index is 287. The van der Waals surface area contributed by atoms with E-state index in [1.165, 1.54) is 64.8 Å². The van der Waals surface area contributed by atoms with Gasteiger partial charge in [0.25, 0.3) is 0 Å². The minimum absolute atomic E-state index is 0.243. The predicted octanol–water partition coefficient (Wildman–Crippen LogP) is 6.78. The summed E-state index contributed by atoms with van der Waals surface area (Å²) in [6.45, 7) is 12.5. The summed E-state index contributed by atoms with van der Waals surface area (Å²) in [5.74, 6) is -0.849. The molecule has 1 aliphatic carbocycles. The van der Waals surface area contributed by atoms with E-state index in [1.807, 2.05) is 32.9 Å². The van der Waals surface area contributed by atoms with E-state index in [0.717, 1.165) is 0 Å². The second-order valence-electron chi connectivity index (χ2n) is 6.49. The zero-order chi connectivity index (χ0) is 21.3. The van der Waals surface area contributed by atoms with E-state index < -0.39 is 12.2 Å². The molecule has 0 heterocycles. The molecule has 0 aromatic rings. The van der Waals surface area contributed by atoms with E-state index in [-0.39, 0.29) is 5.91 Å². The minimum atomic E-state index is -1.27. The molecule has 0 aromatic carbocycles. The lowest BCUT2D eigenvalue weighted by molar-refractivity contribution is -0.127. The Morgan fingerprint density at radius 2 is 1.37 bits per heavy atom. The number of amides is 1. The fourth-order valence-electron chi connectivity index (χ4n) is 2.37. The second kappa shape index (κ2) is 27.3. The van der Waals surface area contributed by atoms with Crippen LogP contribution in [0.4, 0.5) is 4.39 Å². The second-order valence-corrected chi connectivity index (χ2v) is 6.49. The molecule has 1 rings (SSSR count). The SMILES string of the molecule is C/C=C/CNC(=O)C(CC)C(F)NC.C1CCCCCC1.CC.CCCC. The van der Waals surface area contributed by atoms with Gasteiger partial charge in [-0.1, -0.05) is 105 Å². The average Bonchev–Trinajstić information content (AvgIpc) is 3.04. The molecule has 1 saturated carbocycles.